The van der Waals surface area contributed by atoms with Crippen molar-refractivity contribution >= 4 is 5.82 Å². The quantitative estimate of drug-likeness (QED) is 0.895. The van der Waals surface area contributed by atoms with E-state index in [1.807, 2.05) is 12.3 Å². The zero-order valence-corrected chi connectivity index (χ0v) is 13.1. The lowest BCUT2D eigenvalue weighted by Gasteiger charge is -2.28. The summed E-state index contributed by atoms with van der Waals surface area (Å²) in [6.45, 7) is 10.0. The Morgan fingerprint density at radius 1 is 1.40 bits per heavy atom. The molecule has 2 heterocycles. The van der Waals surface area contributed by atoms with Gasteiger partial charge in [-0.25, -0.2) is 4.98 Å². The largest absolute Gasteiger partial charge is 0.370 e. The summed E-state index contributed by atoms with van der Waals surface area (Å²) in [4.78, 5) is 9.51. The second-order valence-corrected chi connectivity index (χ2v) is 5.87. The molecular formula is C16H28N4. The second-order valence-electron chi connectivity index (χ2n) is 5.87. The number of pyridine rings is 1. The van der Waals surface area contributed by atoms with Gasteiger partial charge >= 0.3 is 0 Å². The van der Waals surface area contributed by atoms with Crippen LogP contribution in [0.5, 0.6) is 0 Å². The summed E-state index contributed by atoms with van der Waals surface area (Å²) in [6, 6.07) is 4.84. The van der Waals surface area contributed by atoms with Crippen molar-refractivity contribution in [2.24, 2.45) is 0 Å². The predicted molar refractivity (Wildman–Crippen MR) is 85.0 cm³/mol. The molecule has 0 radical (unpaired) electrons. The molecule has 1 atom stereocenters. The Labute approximate surface area is 123 Å². The number of hydrogen-bond donors (Lipinski definition) is 1. The van der Waals surface area contributed by atoms with Crippen LogP contribution in [-0.4, -0.2) is 54.1 Å². The normalized spacial score (nSPS) is 21.6. The van der Waals surface area contributed by atoms with Crippen LogP contribution in [0.15, 0.2) is 18.3 Å². The standard InChI is InChI=1S/C16H28N4/c1-4-8-17-16-15(7-5-9-18-16)13-20-11-6-10-19(3)12-14(20)2/h5,7,9,14H,4,6,8,10-13H2,1-3H3,(H,17,18). The van der Waals surface area contributed by atoms with E-state index in [0.29, 0.717) is 6.04 Å². The second kappa shape index (κ2) is 7.60. The van der Waals surface area contributed by atoms with Crippen molar-refractivity contribution in [1.82, 2.24) is 14.8 Å². The zero-order chi connectivity index (χ0) is 14.4. The van der Waals surface area contributed by atoms with Gasteiger partial charge in [0.15, 0.2) is 0 Å². The summed E-state index contributed by atoms with van der Waals surface area (Å²) in [6.07, 6.45) is 4.25. The SMILES string of the molecule is CCCNc1ncccc1CN1CCCN(C)CC1C. The first-order chi connectivity index (χ1) is 9.70. The number of hydrogen-bond acceptors (Lipinski definition) is 4. The molecule has 1 N–H and O–H groups in total. The third kappa shape index (κ3) is 4.18. The lowest BCUT2D eigenvalue weighted by Crippen LogP contribution is -2.37. The highest BCUT2D eigenvalue weighted by Gasteiger charge is 2.20. The number of rotatable bonds is 5. The van der Waals surface area contributed by atoms with E-state index in [1.165, 1.54) is 25.1 Å². The molecule has 1 unspecified atom stereocenters. The molecule has 4 heteroatoms. The van der Waals surface area contributed by atoms with Crippen LogP contribution >= 0.6 is 0 Å². The molecule has 0 aromatic carbocycles. The smallest absolute Gasteiger partial charge is 0.130 e. The fraction of sp³-hybridized carbons (Fsp3) is 0.688. The molecule has 0 aliphatic carbocycles. The molecule has 2 rings (SSSR count). The number of likely N-dealkylation sites (N-methyl/N-ethyl adjacent to an activating group) is 1. The fourth-order valence-electron chi connectivity index (χ4n) is 2.84. The van der Waals surface area contributed by atoms with E-state index in [0.717, 1.165) is 31.9 Å². The van der Waals surface area contributed by atoms with Gasteiger partial charge in [-0.1, -0.05) is 13.0 Å². The van der Waals surface area contributed by atoms with E-state index >= 15 is 0 Å². The van der Waals surface area contributed by atoms with Crippen molar-refractivity contribution in [3.05, 3.63) is 23.9 Å². The molecule has 0 spiro atoms. The molecule has 0 bridgehead atoms. The summed E-state index contributed by atoms with van der Waals surface area (Å²) in [5.74, 6) is 1.05. The molecule has 112 valence electrons. The van der Waals surface area contributed by atoms with Gasteiger partial charge in [-0.05, 0) is 39.4 Å². The van der Waals surface area contributed by atoms with Crippen LogP contribution in [-0.2, 0) is 6.54 Å². The van der Waals surface area contributed by atoms with Crippen LogP contribution in [0.3, 0.4) is 0 Å². The summed E-state index contributed by atoms with van der Waals surface area (Å²) < 4.78 is 0. The van der Waals surface area contributed by atoms with Crippen LogP contribution in [0.1, 0.15) is 32.3 Å². The topological polar surface area (TPSA) is 31.4 Å². The Morgan fingerprint density at radius 2 is 2.25 bits per heavy atom. The minimum absolute atomic E-state index is 0.599. The van der Waals surface area contributed by atoms with Crippen molar-refractivity contribution in [2.75, 3.05) is 38.5 Å². The van der Waals surface area contributed by atoms with Gasteiger partial charge < -0.3 is 10.2 Å². The molecule has 0 amide bonds. The van der Waals surface area contributed by atoms with Crippen LogP contribution in [0.25, 0.3) is 0 Å². The average Bonchev–Trinajstić information content (AvgIpc) is 2.59. The van der Waals surface area contributed by atoms with Gasteiger partial charge in [-0.3, -0.25) is 4.90 Å². The van der Waals surface area contributed by atoms with Gasteiger partial charge in [0.05, 0.1) is 0 Å². The van der Waals surface area contributed by atoms with Crippen molar-refractivity contribution < 1.29 is 0 Å². The molecule has 1 aliphatic rings. The Kier molecular flexibility index (Phi) is 5.80. The highest BCUT2D eigenvalue weighted by atomic mass is 15.2. The molecule has 4 nitrogen and oxygen atoms in total. The van der Waals surface area contributed by atoms with Crippen LogP contribution in [0.4, 0.5) is 5.82 Å². The highest BCUT2D eigenvalue weighted by Crippen LogP contribution is 2.18. The van der Waals surface area contributed by atoms with Crippen LogP contribution in [0.2, 0.25) is 0 Å². The van der Waals surface area contributed by atoms with Gasteiger partial charge in [-0.2, -0.15) is 0 Å². The molecule has 1 aromatic heterocycles. The first-order valence-corrected chi connectivity index (χ1v) is 7.81. The van der Waals surface area contributed by atoms with Gasteiger partial charge in [0.1, 0.15) is 5.82 Å². The fourth-order valence-corrected chi connectivity index (χ4v) is 2.84. The van der Waals surface area contributed by atoms with Gasteiger partial charge in [0.25, 0.3) is 0 Å². The van der Waals surface area contributed by atoms with E-state index in [9.17, 15) is 0 Å². The lowest BCUT2D eigenvalue weighted by atomic mass is 10.2. The molecular weight excluding hydrogens is 248 g/mol. The molecule has 1 fully saturated rings. The Balaban J connectivity index is 2.04. The number of anilines is 1. The average molecular weight is 276 g/mol. The van der Waals surface area contributed by atoms with Crippen LogP contribution in [0, 0.1) is 0 Å². The third-order valence-electron chi connectivity index (χ3n) is 3.99. The third-order valence-corrected chi connectivity index (χ3v) is 3.99. The minimum atomic E-state index is 0.599. The van der Waals surface area contributed by atoms with Crippen LogP contribution < -0.4 is 5.32 Å². The molecule has 1 aliphatic heterocycles. The Bertz CT molecular complexity index is 407. The van der Waals surface area contributed by atoms with Gasteiger partial charge in [0.2, 0.25) is 0 Å². The van der Waals surface area contributed by atoms with E-state index in [1.54, 1.807) is 0 Å². The van der Waals surface area contributed by atoms with E-state index < -0.39 is 0 Å². The molecule has 20 heavy (non-hydrogen) atoms. The van der Waals surface area contributed by atoms with Gasteiger partial charge in [0, 0.05) is 44.0 Å². The van der Waals surface area contributed by atoms with Crippen molar-refractivity contribution in [3.8, 4) is 0 Å². The number of aromatic nitrogens is 1. The molecule has 1 aromatic rings. The highest BCUT2D eigenvalue weighted by molar-refractivity contribution is 5.43. The van der Waals surface area contributed by atoms with Crippen molar-refractivity contribution in [3.63, 3.8) is 0 Å². The zero-order valence-electron chi connectivity index (χ0n) is 13.1. The van der Waals surface area contributed by atoms with Crippen molar-refractivity contribution in [2.45, 2.75) is 39.3 Å². The number of nitrogens with one attached hydrogen (secondary N) is 1. The first-order valence-electron chi connectivity index (χ1n) is 7.81. The predicted octanol–water partition coefficient (Wildman–Crippen LogP) is 2.43. The summed E-state index contributed by atoms with van der Waals surface area (Å²) >= 11 is 0. The van der Waals surface area contributed by atoms with E-state index in [2.05, 4.69) is 47.1 Å². The number of nitrogens with zero attached hydrogens (tertiary/aromatic N) is 3. The van der Waals surface area contributed by atoms with Crippen molar-refractivity contribution in [1.29, 1.82) is 0 Å². The molecule has 1 saturated heterocycles. The summed E-state index contributed by atoms with van der Waals surface area (Å²) in [5, 5.41) is 3.44. The van der Waals surface area contributed by atoms with E-state index in [4.69, 9.17) is 0 Å². The summed E-state index contributed by atoms with van der Waals surface area (Å²) in [7, 11) is 2.22. The van der Waals surface area contributed by atoms with E-state index in [-0.39, 0.29) is 0 Å². The maximum Gasteiger partial charge on any atom is 0.130 e. The minimum Gasteiger partial charge on any atom is -0.370 e. The molecule has 0 saturated carbocycles. The maximum atomic E-state index is 4.50. The Morgan fingerprint density at radius 3 is 3.05 bits per heavy atom. The monoisotopic (exact) mass is 276 g/mol. The summed E-state index contributed by atoms with van der Waals surface area (Å²) in [5.41, 5.74) is 1.32. The maximum absolute atomic E-state index is 4.50. The lowest BCUT2D eigenvalue weighted by molar-refractivity contribution is 0.195. The Hall–Kier alpha value is -1.13. The first kappa shape index (κ1) is 15.3. The van der Waals surface area contributed by atoms with Gasteiger partial charge in [-0.15, -0.1) is 0 Å².